The number of amides is 2. The summed E-state index contributed by atoms with van der Waals surface area (Å²) < 4.78 is 0.675. The molecule has 3 N–H and O–H groups in total. The van der Waals surface area contributed by atoms with E-state index >= 15 is 0 Å². The Bertz CT molecular complexity index is 519. The van der Waals surface area contributed by atoms with Crippen LogP contribution >= 0.6 is 27.5 Å². The smallest absolute Gasteiger partial charge is 0.323 e. The summed E-state index contributed by atoms with van der Waals surface area (Å²) in [4.78, 5) is 34.5. The molecule has 0 atom stereocenters. The molecule has 0 spiro atoms. The van der Waals surface area contributed by atoms with Crippen LogP contribution in [0.1, 0.15) is 10.4 Å². The molecule has 0 aliphatic rings. The van der Waals surface area contributed by atoms with Crippen molar-refractivity contribution in [3.05, 3.63) is 33.3 Å². The summed E-state index contributed by atoms with van der Waals surface area (Å²) in [6.45, 7) is -1.12. The van der Waals surface area contributed by atoms with Gasteiger partial charge in [-0.15, -0.1) is 0 Å². The second-order valence-corrected chi connectivity index (χ2v) is 4.97. The molecule has 0 bridgehead atoms. The number of carbonyl (C=O) groups is 3. The minimum Gasteiger partial charge on any atom is -0.480 e. The molecule has 0 saturated carbocycles. The van der Waals surface area contributed by atoms with Gasteiger partial charge >= 0.3 is 5.97 Å². The lowest BCUT2D eigenvalue weighted by atomic mass is 10.2. The zero-order valence-corrected chi connectivity index (χ0v) is 11.9. The highest BCUT2D eigenvalue weighted by Crippen LogP contribution is 2.22. The molecule has 19 heavy (non-hydrogen) atoms. The molecule has 1 aromatic rings. The Kier molecular flexibility index (Phi) is 5.31. The van der Waals surface area contributed by atoms with Crippen LogP contribution in [0.5, 0.6) is 0 Å². The van der Waals surface area contributed by atoms with Crippen LogP contribution in [0.3, 0.4) is 0 Å². The summed E-state index contributed by atoms with van der Waals surface area (Å²) in [5.41, 5.74) is 5.08. The lowest BCUT2D eigenvalue weighted by Gasteiger charge is -2.19. The summed E-state index contributed by atoms with van der Waals surface area (Å²) in [7, 11) is 0. The van der Waals surface area contributed by atoms with Gasteiger partial charge in [0, 0.05) is 4.47 Å². The van der Waals surface area contributed by atoms with E-state index in [1.165, 1.54) is 12.1 Å². The molecule has 102 valence electrons. The van der Waals surface area contributed by atoms with E-state index in [9.17, 15) is 14.4 Å². The van der Waals surface area contributed by atoms with Gasteiger partial charge in [0.05, 0.1) is 10.6 Å². The van der Waals surface area contributed by atoms with Crippen molar-refractivity contribution in [2.75, 3.05) is 13.1 Å². The van der Waals surface area contributed by atoms with Gasteiger partial charge in [0.1, 0.15) is 13.1 Å². The van der Waals surface area contributed by atoms with E-state index in [0.29, 0.717) is 4.47 Å². The number of hydrogen-bond acceptors (Lipinski definition) is 3. The third-order valence-electron chi connectivity index (χ3n) is 2.12. The number of rotatable bonds is 5. The largest absolute Gasteiger partial charge is 0.480 e. The average Bonchev–Trinajstić information content (AvgIpc) is 2.26. The number of halogens is 2. The van der Waals surface area contributed by atoms with Crippen molar-refractivity contribution in [1.29, 1.82) is 0 Å². The number of nitrogens with zero attached hydrogens (tertiary/aromatic N) is 1. The number of aliphatic carboxylic acids is 1. The lowest BCUT2D eigenvalue weighted by Crippen LogP contribution is -2.41. The zero-order chi connectivity index (χ0) is 14.6. The molecule has 0 fully saturated rings. The van der Waals surface area contributed by atoms with E-state index in [2.05, 4.69) is 15.9 Å². The molecule has 0 aliphatic carbocycles. The Morgan fingerprint density at radius 1 is 1.32 bits per heavy atom. The molecule has 0 saturated heterocycles. The molecule has 2 amide bonds. The maximum absolute atomic E-state index is 12.1. The van der Waals surface area contributed by atoms with E-state index in [0.717, 1.165) is 4.90 Å². The summed E-state index contributed by atoms with van der Waals surface area (Å²) in [6, 6.07) is 4.52. The molecule has 6 nitrogen and oxygen atoms in total. The fourth-order valence-corrected chi connectivity index (χ4v) is 2.14. The topological polar surface area (TPSA) is 101 Å². The Balaban J connectivity index is 3.04. The van der Waals surface area contributed by atoms with Gasteiger partial charge in [-0.2, -0.15) is 0 Å². The monoisotopic (exact) mass is 348 g/mol. The second-order valence-electron chi connectivity index (χ2n) is 3.65. The number of hydrogen-bond donors (Lipinski definition) is 2. The van der Waals surface area contributed by atoms with Crippen molar-refractivity contribution in [1.82, 2.24) is 4.90 Å². The maximum Gasteiger partial charge on any atom is 0.323 e. The van der Waals surface area contributed by atoms with Gasteiger partial charge in [0.15, 0.2) is 0 Å². The summed E-state index contributed by atoms with van der Waals surface area (Å²) in [6.07, 6.45) is 0. The van der Waals surface area contributed by atoms with Crippen molar-refractivity contribution in [3.63, 3.8) is 0 Å². The number of carbonyl (C=O) groups excluding carboxylic acids is 2. The first-order chi connectivity index (χ1) is 8.81. The van der Waals surface area contributed by atoms with Crippen LogP contribution in [0, 0.1) is 0 Å². The minimum absolute atomic E-state index is 0.104. The number of nitrogens with two attached hydrogens (primary N) is 1. The molecular formula is C11H10BrClN2O4. The Morgan fingerprint density at radius 3 is 2.42 bits per heavy atom. The van der Waals surface area contributed by atoms with Crippen molar-refractivity contribution in [2.24, 2.45) is 5.73 Å². The van der Waals surface area contributed by atoms with Gasteiger partial charge in [-0.25, -0.2) is 0 Å². The highest BCUT2D eigenvalue weighted by molar-refractivity contribution is 9.10. The first-order valence-corrected chi connectivity index (χ1v) is 6.22. The molecule has 1 aromatic carbocycles. The fraction of sp³-hybridized carbons (Fsp3) is 0.182. The first-order valence-electron chi connectivity index (χ1n) is 5.05. The lowest BCUT2D eigenvalue weighted by molar-refractivity contribution is -0.138. The highest BCUT2D eigenvalue weighted by atomic mass is 79.9. The van der Waals surface area contributed by atoms with E-state index < -0.39 is 30.9 Å². The van der Waals surface area contributed by atoms with E-state index in [4.69, 9.17) is 22.4 Å². The molecule has 1 rings (SSSR count). The van der Waals surface area contributed by atoms with Crippen LogP contribution in [0.15, 0.2) is 22.7 Å². The van der Waals surface area contributed by atoms with Crippen molar-refractivity contribution in [2.45, 2.75) is 0 Å². The fourth-order valence-electron chi connectivity index (χ4n) is 1.38. The molecule has 0 unspecified atom stereocenters. The maximum atomic E-state index is 12.1. The zero-order valence-electron chi connectivity index (χ0n) is 9.60. The number of benzene rings is 1. The van der Waals surface area contributed by atoms with Crippen LogP contribution in [-0.4, -0.2) is 40.9 Å². The standard InChI is InChI=1S/C11H10BrClN2O4/c12-6-1-2-7(8(13)3-6)11(19)15(4-9(14)16)5-10(17)18/h1-3H,4-5H2,(H2,14,16)(H,17,18). The molecule has 0 aromatic heterocycles. The molecule has 0 aliphatic heterocycles. The molecule has 0 heterocycles. The van der Waals surface area contributed by atoms with Gasteiger partial charge in [0.25, 0.3) is 5.91 Å². The van der Waals surface area contributed by atoms with Crippen LogP contribution in [-0.2, 0) is 9.59 Å². The predicted octanol–water partition coefficient (Wildman–Crippen LogP) is 1.11. The Labute approximate surface area is 122 Å². The Morgan fingerprint density at radius 2 is 1.95 bits per heavy atom. The average molecular weight is 350 g/mol. The Hall–Kier alpha value is -1.60. The van der Waals surface area contributed by atoms with E-state index in [1.54, 1.807) is 6.07 Å². The normalized spacial score (nSPS) is 10.0. The summed E-state index contributed by atoms with van der Waals surface area (Å²) in [5.74, 6) is -2.72. The summed E-state index contributed by atoms with van der Waals surface area (Å²) >= 11 is 9.09. The van der Waals surface area contributed by atoms with E-state index in [-0.39, 0.29) is 10.6 Å². The number of primary amides is 1. The van der Waals surface area contributed by atoms with Crippen LogP contribution < -0.4 is 5.73 Å². The van der Waals surface area contributed by atoms with E-state index in [1.807, 2.05) is 0 Å². The highest BCUT2D eigenvalue weighted by Gasteiger charge is 2.22. The minimum atomic E-state index is -1.25. The van der Waals surface area contributed by atoms with Gasteiger partial charge < -0.3 is 15.7 Å². The third-order valence-corrected chi connectivity index (χ3v) is 2.93. The van der Waals surface area contributed by atoms with Gasteiger partial charge in [-0.05, 0) is 18.2 Å². The summed E-state index contributed by atoms with van der Waals surface area (Å²) in [5, 5.41) is 8.87. The van der Waals surface area contributed by atoms with Crippen molar-refractivity contribution in [3.8, 4) is 0 Å². The predicted molar refractivity (Wildman–Crippen MR) is 71.9 cm³/mol. The quantitative estimate of drug-likeness (QED) is 0.831. The van der Waals surface area contributed by atoms with Gasteiger partial charge in [-0.1, -0.05) is 27.5 Å². The van der Waals surface area contributed by atoms with Crippen molar-refractivity contribution < 1.29 is 19.5 Å². The van der Waals surface area contributed by atoms with Crippen LogP contribution in [0.25, 0.3) is 0 Å². The molecular weight excluding hydrogens is 339 g/mol. The second kappa shape index (κ2) is 6.53. The van der Waals surface area contributed by atoms with Gasteiger partial charge in [0.2, 0.25) is 5.91 Å². The van der Waals surface area contributed by atoms with Crippen molar-refractivity contribution >= 4 is 45.3 Å². The molecule has 0 radical (unpaired) electrons. The van der Waals surface area contributed by atoms with Crippen LogP contribution in [0.4, 0.5) is 0 Å². The first kappa shape index (κ1) is 15.5. The van der Waals surface area contributed by atoms with Crippen LogP contribution in [0.2, 0.25) is 5.02 Å². The number of carboxylic acids is 1. The van der Waals surface area contributed by atoms with Gasteiger partial charge in [-0.3, -0.25) is 14.4 Å². The SMILES string of the molecule is NC(=O)CN(CC(=O)O)C(=O)c1ccc(Br)cc1Cl. The number of carboxylic acid groups (broad SMARTS) is 1. The molecule has 8 heteroatoms. The third kappa shape index (κ3) is 4.53.